The van der Waals surface area contributed by atoms with E-state index < -0.39 is 12.0 Å². The van der Waals surface area contributed by atoms with Gasteiger partial charge in [0.2, 0.25) is 5.78 Å². The van der Waals surface area contributed by atoms with Gasteiger partial charge in [-0.1, -0.05) is 0 Å². The van der Waals surface area contributed by atoms with Crippen LogP contribution in [0.4, 0.5) is 0 Å². The van der Waals surface area contributed by atoms with Gasteiger partial charge in [-0.25, -0.2) is 0 Å². The topological polar surface area (TPSA) is 103 Å². The van der Waals surface area contributed by atoms with Gasteiger partial charge in [-0.3, -0.25) is 4.79 Å². The summed E-state index contributed by atoms with van der Waals surface area (Å²) >= 11 is 0. The van der Waals surface area contributed by atoms with Gasteiger partial charge in [0.25, 0.3) is 0 Å². The fourth-order valence-electron chi connectivity index (χ4n) is 1.65. The largest absolute Gasteiger partial charge is 0.550 e. The predicted octanol–water partition coefficient (Wildman–Crippen LogP) is -0.973. The van der Waals surface area contributed by atoms with Crippen molar-refractivity contribution in [2.75, 3.05) is 14.2 Å². The Bertz CT molecular complexity index is 472. The average Bonchev–Trinajstić information content (AvgIpc) is 2.42. The van der Waals surface area contributed by atoms with E-state index in [1.807, 2.05) is 0 Å². The first kappa shape index (κ1) is 15.0. The SMILES string of the molecule is COc1ccc(C(=O)[C@@H]([NH3+])CCC(=O)[O-])c(OC)c1. The first-order valence-electron chi connectivity index (χ1n) is 5.78. The van der Waals surface area contributed by atoms with Crippen LogP contribution >= 0.6 is 0 Å². The summed E-state index contributed by atoms with van der Waals surface area (Å²) in [5, 5.41) is 10.4. The number of ether oxygens (including phenoxy) is 2. The molecule has 0 amide bonds. The Labute approximate surface area is 111 Å². The number of aliphatic carboxylic acids is 1. The van der Waals surface area contributed by atoms with E-state index in [0.29, 0.717) is 17.1 Å². The number of Topliss-reactive ketones (excluding diaryl/α,β-unsaturated/α-hetero) is 1. The Kier molecular flexibility index (Phi) is 5.32. The Balaban J connectivity index is 2.89. The first-order chi connectivity index (χ1) is 8.99. The van der Waals surface area contributed by atoms with E-state index in [0.717, 1.165) is 0 Å². The zero-order valence-corrected chi connectivity index (χ0v) is 11.0. The van der Waals surface area contributed by atoms with E-state index in [1.54, 1.807) is 18.2 Å². The molecule has 0 aliphatic rings. The minimum atomic E-state index is -1.19. The molecule has 0 aromatic heterocycles. The quantitative estimate of drug-likeness (QED) is 0.640. The molecule has 0 spiro atoms. The van der Waals surface area contributed by atoms with Crippen molar-refractivity contribution in [2.24, 2.45) is 0 Å². The lowest BCUT2D eigenvalue weighted by Crippen LogP contribution is -2.65. The third-order valence-electron chi connectivity index (χ3n) is 2.74. The number of hydrogen-bond donors (Lipinski definition) is 1. The fourth-order valence-corrected chi connectivity index (χ4v) is 1.65. The summed E-state index contributed by atoms with van der Waals surface area (Å²) in [7, 11) is 2.96. The summed E-state index contributed by atoms with van der Waals surface area (Å²) in [6.07, 6.45) is -0.0608. The molecule has 0 heterocycles. The molecule has 0 unspecified atom stereocenters. The number of carbonyl (C=O) groups excluding carboxylic acids is 2. The molecule has 1 rings (SSSR count). The Hall–Kier alpha value is -2.08. The van der Waals surface area contributed by atoms with Crippen LogP contribution in [-0.4, -0.2) is 32.0 Å². The van der Waals surface area contributed by atoms with Gasteiger partial charge in [-0.15, -0.1) is 0 Å². The van der Waals surface area contributed by atoms with Crippen LogP contribution in [0.1, 0.15) is 23.2 Å². The molecule has 3 N–H and O–H groups in total. The van der Waals surface area contributed by atoms with Crippen LogP contribution < -0.4 is 20.3 Å². The molecule has 1 aromatic rings. The number of ketones is 1. The second-order valence-electron chi connectivity index (χ2n) is 4.04. The molecule has 6 heteroatoms. The number of carbonyl (C=O) groups is 2. The molecule has 19 heavy (non-hydrogen) atoms. The molecule has 104 valence electrons. The van der Waals surface area contributed by atoms with Gasteiger partial charge in [0.1, 0.15) is 17.5 Å². The van der Waals surface area contributed by atoms with Crippen LogP contribution in [0, 0.1) is 0 Å². The normalized spacial score (nSPS) is 11.7. The van der Waals surface area contributed by atoms with Crippen molar-refractivity contribution >= 4 is 11.8 Å². The molecule has 0 saturated carbocycles. The summed E-state index contributed by atoms with van der Waals surface area (Å²) < 4.78 is 10.2. The smallest absolute Gasteiger partial charge is 0.223 e. The lowest BCUT2D eigenvalue weighted by atomic mass is 10.00. The van der Waals surface area contributed by atoms with E-state index in [4.69, 9.17) is 9.47 Å². The van der Waals surface area contributed by atoms with Gasteiger partial charge in [0.15, 0.2) is 0 Å². The van der Waals surface area contributed by atoms with Crippen LogP contribution in [0.15, 0.2) is 18.2 Å². The highest BCUT2D eigenvalue weighted by molar-refractivity contribution is 6.01. The maximum absolute atomic E-state index is 12.1. The van der Waals surface area contributed by atoms with E-state index in [-0.39, 0.29) is 18.6 Å². The van der Waals surface area contributed by atoms with Gasteiger partial charge in [0.05, 0.1) is 19.8 Å². The molecule has 0 bridgehead atoms. The van der Waals surface area contributed by atoms with Gasteiger partial charge in [-0.05, 0) is 18.6 Å². The molecule has 0 radical (unpaired) electrons. The zero-order valence-electron chi connectivity index (χ0n) is 11.0. The molecular formula is C13H17NO5. The lowest BCUT2D eigenvalue weighted by Gasteiger charge is -2.12. The predicted molar refractivity (Wildman–Crippen MR) is 64.8 cm³/mol. The van der Waals surface area contributed by atoms with Gasteiger partial charge in [-0.2, -0.15) is 0 Å². The van der Waals surface area contributed by atoms with E-state index in [2.05, 4.69) is 5.73 Å². The summed E-state index contributed by atoms with van der Waals surface area (Å²) in [4.78, 5) is 22.5. The Morgan fingerprint density at radius 2 is 2.00 bits per heavy atom. The van der Waals surface area contributed by atoms with Crippen molar-refractivity contribution in [2.45, 2.75) is 18.9 Å². The average molecular weight is 267 g/mol. The van der Waals surface area contributed by atoms with Crippen LogP contribution in [0.2, 0.25) is 0 Å². The van der Waals surface area contributed by atoms with Crippen LogP contribution in [0.5, 0.6) is 11.5 Å². The van der Waals surface area contributed by atoms with E-state index in [1.165, 1.54) is 14.2 Å². The number of benzene rings is 1. The Morgan fingerprint density at radius 1 is 1.32 bits per heavy atom. The number of hydrogen-bond acceptors (Lipinski definition) is 5. The molecular weight excluding hydrogens is 250 g/mol. The lowest BCUT2D eigenvalue weighted by molar-refractivity contribution is -0.401. The first-order valence-corrected chi connectivity index (χ1v) is 5.78. The fraction of sp³-hybridized carbons (Fsp3) is 0.385. The second kappa shape index (κ2) is 6.75. The number of quaternary nitrogens is 1. The molecule has 0 aliphatic heterocycles. The highest BCUT2D eigenvalue weighted by Crippen LogP contribution is 2.25. The summed E-state index contributed by atoms with van der Waals surface area (Å²) in [5.74, 6) is -0.501. The number of rotatable bonds is 7. The maximum Gasteiger partial charge on any atom is 0.223 e. The minimum Gasteiger partial charge on any atom is -0.550 e. The maximum atomic E-state index is 12.1. The van der Waals surface area contributed by atoms with Crippen LogP contribution in [0.25, 0.3) is 0 Å². The molecule has 1 atom stereocenters. The molecule has 0 saturated heterocycles. The van der Waals surface area contributed by atoms with Crippen molar-refractivity contribution in [3.63, 3.8) is 0 Å². The monoisotopic (exact) mass is 267 g/mol. The summed E-state index contributed by atoms with van der Waals surface area (Å²) in [5.41, 5.74) is 4.04. The van der Waals surface area contributed by atoms with E-state index in [9.17, 15) is 14.7 Å². The third-order valence-corrected chi connectivity index (χ3v) is 2.74. The van der Waals surface area contributed by atoms with Gasteiger partial charge >= 0.3 is 0 Å². The highest BCUT2D eigenvalue weighted by atomic mass is 16.5. The van der Waals surface area contributed by atoms with Crippen LogP contribution in [-0.2, 0) is 4.79 Å². The zero-order chi connectivity index (χ0) is 14.4. The molecule has 0 aliphatic carbocycles. The van der Waals surface area contributed by atoms with Crippen molar-refractivity contribution in [3.8, 4) is 11.5 Å². The van der Waals surface area contributed by atoms with Crippen LogP contribution in [0.3, 0.4) is 0 Å². The summed E-state index contributed by atoms with van der Waals surface area (Å²) in [6.45, 7) is 0. The minimum absolute atomic E-state index is 0.135. The number of methoxy groups -OCH3 is 2. The third kappa shape index (κ3) is 3.96. The molecule has 6 nitrogen and oxygen atoms in total. The number of carboxylic acids is 1. The Morgan fingerprint density at radius 3 is 2.53 bits per heavy atom. The van der Waals surface area contributed by atoms with Crippen molar-refractivity contribution < 1.29 is 29.9 Å². The van der Waals surface area contributed by atoms with Gasteiger partial charge < -0.3 is 25.1 Å². The molecule has 0 fully saturated rings. The van der Waals surface area contributed by atoms with Crippen molar-refractivity contribution in [3.05, 3.63) is 23.8 Å². The highest BCUT2D eigenvalue weighted by Gasteiger charge is 2.22. The standard InChI is InChI=1S/C13H17NO5/c1-18-8-3-4-9(11(7-8)19-2)13(17)10(14)5-6-12(15)16/h3-4,7,10H,5-6,14H2,1-2H3,(H,15,16)/t10-/m0/s1. The van der Waals surface area contributed by atoms with E-state index >= 15 is 0 Å². The van der Waals surface area contributed by atoms with Crippen molar-refractivity contribution in [1.82, 2.24) is 0 Å². The van der Waals surface area contributed by atoms with Gasteiger partial charge in [0, 0.05) is 18.5 Å². The molecule has 1 aromatic carbocycles. The second-order valence-corrected chi connectivity index (χ2v) is 4.04. The van der Waals surface area contributed by atoms with Crippen molar-refractivity contribution in [1.29, 1.82) is 0 Å². The number of carboxylic acid groups (broad SMARTS) is 1. The summed E-state index contributed by atoms with van der Waals surface area (Å²) in [6, 6.07) is 4.16.